The van der Waals surface area contributed by atoms with E-state index in [-0.39, 0.29) is 11.7 Å². The Morgan fingerprint density at radius 3 is 2.89 bits per heavy atom. The van der Waals surface area contributed by atoms with Crippen LogP contribution in [0.5, 0.6) is 5.75 Å². The number of pyridine rings is 1. The van der Waals surface area contributed by atoms with Crippen LogP contribution in [0.15, 0.2) is 23.6 Å². The van der Waals surface area contributed by atoms with E-state index in [2.05, 4.69) is 15.5 Å². The molecule has 7 heteroatoms. The summed E-state index contributed by atoms with van der Waals surface area (Å²) in [6.07, 6.45) is 3.41. The number of rotatable bonds is 5. The second-order valence-corrected chi connectivity index (χ2v) is 4.20. The van der Waals surface area contributed by atoms with Crippen molar-refractivity contribution in [3.05, 3.63) is 24.0 Å². The summed E-state index contributed by atoms with van der Waals surface area (Å²) in [5, 5.41) is 14.4. The minimum atomic E-state index is -0.930. The standard InChI is InChI=1S/C12H18N4O3/c1-4-12(2,11(13)16-18)15-10(17)8-5-6-14-7-9(8)19-3/h5-7,18H,4H2,1-3H3,(H2,13,16)(H,15,17). The highest BCUT2D eigenvalue weighted by atomic mass is 16.5. The minimum Gasteiger partial charge on any atom is -0.494 e. The molecule has 0 spiro atoms. The van der Waals surface area contributed by atoms with E-state index in [4.69, 9.17) is 15.7 Å². The van der Waals surface area contributed by atoms with Crippen molar-refractivity contribution in [1.82, 2.24) is 10.3 Å². The van der Waals surface area contributed by atoms with Gasteiger partial charge in [-0.25, -0.2) is 0 Å². The molecule has 0 aromatic carbocycles. The highest BCUT2D eigenvalue weighted by molar-refractivity contribution is 6.01. The van der Waals surface area contributed by atoms with Crippen molar-refractivity contribution in [2.75, 3.05) is 7.11 Å². The number of hydrogen-bond acceptors (Lipinski definition) is 5. The highest BCUT2D eigenvalue weighted by Crippen LogP contribution is 2.18. The second kappa shape index (κ2) is 6.03. The molecule has 0 aliphatic carbocycles. The number of aromatic nitrogens is 1. The number of ether oxygens (including phenoxy) is 1. The zero-order valence-electron chi connectivity index (χ0n) is 11.2. The van der Waals surface area contributed by atoms with Gasteiger partial charge in [-0.2, -0.15) is 0 Å². The molecule has 1 aromatic rings. The lowest BCUT2D eigenvalue weighted by Gasteiger charge is -2.28. The molecule has 1 heterocycles. The zero-order chi connectivity index (χ0) is 14.5. The molecular formula is C12H18N4O3. The second-order valence-electron chi connectivity index (χ2n) is 4.20. The summed E-state index contributed by atoms with van der Waals surface area (Å²) < 4.78 is 5.07. The largest absolute Gasteiger partial charge is 0.494 e. The number of hydrogen-bond donors (Lipinski definition) is 3. The fourth-order valence-electron chi connectivity index (χ4n) is 1.49. The number of nitrogens with two attached hydrogens (primary N) is 1. The molecule has 0 bridgehead atoms. The lowest BCUT2D eigenvalue weighted by molar-refractivity contribution is 0.0921. The van der Waals surface area contributed by atoms with E-state index >= 15 is 0 Å². The molecule has 0 aliphatic heterocycles. The van der Waals surface area contributed by atoms with Crippen LogP contribution in [-0.2, 0) is 0 Å². The molecule has 1 unspecified atom stereocenters. The Labute approximate surface area is 111 Å². The molecular weight excluding hydrogens is 248 g/mol. The first-order valence-electron chi connectivity index (χ1n) is 5.77. The average Bonchev–Trinajstić information content (AvgIpc) is 2.45. The first-order valence-corrected chi connectivity index (χ1v) is 5.77. The number of carbonyl (C=O) groups is 1. The van der Waals surface area contributed by atoms with Crippen molar-refractivity contribution in [3.8, 4) is 5.75 Å². The number of nitrogens with one attached hydrogen (secondary N) is 1. The molecule has 4 N–H and O–H groups in total. The number of methoxy groups -OCH3 is 1. The van der Waals surface area contributed by atoms with Crippen LogP contribution in [0.4, 0.5) is 0 Å². The molecule has 19 heavy (non-hydrogen) atoms. The van der Waals surface area contributed by atoms with E-state index in [1.54, 1.807) is 6.92 Å². The van der Waals surface area contributed by atoms with Gasteiger partial charge in [-0.3, -0.25) is 9.78 Å². The first-order chi connectivity index (χ1) is 8.98. The van der Waals surface area contributed by atoms with Gasteiger partial charge in [-0.05, 0) is 19.4 Å². The monoisotopic (exact) mass is 266 g/mol. The number of amides is 1. The molecule has 1 aromatic heterocycles. The van der Waals surface area contributed by atoms with Gasteiger partial charge in [0.1, 0.15) is 5.75 Å². The van der Waals surface area contributed by atoms with E-state index < -0.39 is 5.54 Å². The van der Waals surface area contributed by atoms with Crippen molar-refractivity contribution in [3.63, 3.8) is 0 Å². The number of oxime groups is 1. The molecule has 1 rings (SSSR count). The Kier molecular flexibility index (Phi) is 4.68. The van der Waals surface area contributed by atoms with E-state index in [0.29, 0.717) is 17.7 Å². The third-order valence-corrected chi connectivity index (χ3v) is 3.02. The summed E-state index contributed by atoms with van der Waals surface area (Å²) in [4.78, 5) is 16.1. The third-order valence-electron chi connectivity index (χ3n) is 3.02. The van der Waals surface area contributed by atoms with Crippen molar-refractivity contribution >= 4 is 11.7 Å². The van der Waals surface area contributed by atoms with Crippen LogP contribution in [0, 0.1) is 0 Å². The first kappa shape index (κ1) is 14.7. The maximum absolute atomic E-state index is 12.2. The summed E-state index contributed by atoms with van der Waals surface area (Å²) in [5.41, 5.74) is 5.01. The zero-order valence-corrected chi connectivity index (χ0v) is 11.2. The van der Waals surface area contributed by atoms with Crippen molar-refractivity contribution in [2.24, 2.45) is 10.9 Å². The van der Waals surface area contributed by atoms with Crippen LogP contribution in [0.3, 0.4) is 0 Å². The Morgan fingerprint density at radius 2 is 2.37 bits per heavy atom. The van der Waals surface area contributed by atoms with Crippen LogP contribution in [0.25, 0.3) is 0 Å². The van der Waals surface area contributed by atoms with Crippen molar-refractivity contribution < 1.29 is 14.7 Å². The van der Waals surface area contributed by atoms with Gasteiger partial charge in [-0.15, -0.1) is 0 Å². The molecule has 7 nitrogen and oxygen atoms in total. The molecule has 0 aliphatic rings. The normalized spacial score (nSPS) is 14.6. The summed E-state index contributed by atoms with van der Waals surface area (Å²) in [6.45, 7) is 3.50. The van der Waals surface area contributed by atoms with Gasteiger partial charge in [0.15, 0.2) is 5.84 Å². The fraction of sp³-hybridized carbons (Fsp3) is 0.417. The average molecular weight is 266 g/mol. The van der Waals surface area contributed by atoms with Crippen molar-refractivity contribution in [1.29, 1.82) is 0 Å². The van der Waals surface area contributed by atoms with Gasteiger partial charge in [-0.1, -0.05) is 12.1 Å². The summed E-state index contributed by atoms with van der Waals surface area (Å²) in [5.74, 6) is -0.0791. The van der Waals surface area contributed by atoms with Gasteiger partial charge in [0.05, 0.1) is 24.4 Å². The van der Waals surface area contributed by atoms with Crippen LogP contribution in [-0.4, -0.2) is 34.6 Å². The lowest BCUT2D eigenvalue weighted by Crippen LogP contribution is -2.55. The lowest BCUT2D eigenvalue weighted by atomic mass is 9.97. The number of amidine groups is 1. The van der Waals surface area contributed by atoms with Crippen LogP contribution in [0.2, 0.25) is 0 Å². The van der Waals surface area contributed by atoms with E-state index in [1.165, 1.54) is 25.6 Å². The maximum Gasteiger partial charge on any atom is 0.255 e. The number of carbonyl (C=O) groups excluding carboxylic acids is 1. The Hall–Kier alpha value is -2.31. The molecule has 0 radical (unpaired) electrons. The predicted octanol–water partition coefficient (Wildman–Crippen LogP) is 0.735. The molecule has 1 amide bonds. The third kappa shape index (κ3) is 3.12. The topological polar surface area (TPSA) is 110 Å². The molecule has 0 saturated carbocycles. The Bertz CT molecular complexity index is 490. The molecule has 0 saturated heterocycles. The van der Waals surface area contributed by atoms with Gasteiger partial charge >= 0.3 is 0 Å². The van der Waals surface area contributed by atoms with Crippen LogP contribution in [0.1, 0.15) is 30.6 Å². The number of nitrogens with zero attached hydrogens (tertiary/aromatic N) is 2. The molecule has 1 atom stereocenters. The predicted molar refractivity (Wildman–Crippen MR) is 70.4 cm³/mol. The molecule has 0 fully saturated rings. The van der Waals surface area contributed by atoms with Crippen LogP contribution < -0.4 is 15.8 Å². The van der Waals surface area contributed by atoms with Gasteiger partial charge < -0.3 is 21.0 Å². The smallest absolute Gasteiger partial charge is 0.255 e. The SMILES string of the molecule is CCC(C)(NC(=O)c1ccncc1OC)/C(N)=N/O. The van der Waals surface area contributed by atoms with E-state index in [1.807, 2.05) is 6.92 Å². The molecule has 104 valence electrons. The van der Waals surface area contributed by atoms with Gasteiger partial charge in [0.2, 0.25) is 0 Å². The summed E-state index contributed by atoms with van der Waals surface area (Å²) in [7, 11) is 1.45. The van der Waals surface area contributed by atoms with Crippen molar-refractivity contribution in [2.45, 2.75) is 25.8 Å². The fourth-order valence-corrected chi connectivity index (χ4v) is 1.49. The quantitative estimate of drug-likeness (QED) is 0.315. The van der Waals surface area contributed by atoms with Crippen LogP contribution >= 0.6 is 0 Å². The van der Waals surface area contributed by atoms with Gasteiger partial charge in [0, 0.05) is 6.20 Å². The summed E-state index contributed by atoms with van der Waals surface area (Å²) in [6, 6.07) is 1.54. The summed E-state index contributed by atoms with van der Waals surface area (Å²) >= 11 is 0. The van der Waals surface area contributed by atoms with E-state index in [9.17, 15) is 4.79 Å². The minimum absolute atomic E-state index is 0.0589. The Balaban J connectivity index is 3.02. The highest BCUT2D eigenvalue weighted by Gasteiger charge is 2.30. The van der Waals surface area contributed by atoms with E-state index in [0.717, 1.165) is 0 Å². The maximum atomic E-state index is 12.2. The van der Waals surface area contributed by atoms with Gasteiger partial charge in [0.25, 0.3) is 5.91 Å². The Morgan fingerprint density at radius 1 is 1.68 bits per heavy atom.